The lowest BCUT2D eigenvalue weighted by molar-refractivity contribution is -0.116. The van der Waals surface area contributed by atoms with Crippen LogP contribution in [-0.4, -0.2) is 53.5 Å². The molecule has 0 aromatic carbocycles. The Balaban J connectivity index is 1.76. The second kappa shape index (κ2) is 7.52. The Bertz CT molecular complexity index is 404. The Morgan fingerprint density at radius 1 is 1.74 bits per heavy atom. The minimum absolute atomic E-state index is 0.0336. The molecule has 1 aromatic heterocycles. The second-order valence-corrected chi connectivity index (χ2v) is 5.61. The van der Waals surface area contributed by atoms with Gasteiger partial charge in [0.2, 0.25) is 5.91 Å². The lowest BCUT2D eigenvalue weighted by Crippen LogP contribution is -2.39. The van der Waals surface area contributed by atoms with Crippen molar-refractivity contribution >= 4 is 23.4 Å². The highest BCUT2D eigenvalue weighted by Gasteiger charge is 2.16. The number of ether oxygens (including phenoxy) is 1. The summed E-state index contributed by atoms with van der Waals surface area (Å²) in [7, 11) is 1.65. The zero-order chi connectivity index (χ0) is 13.5. The van der Waals surface area contributed by atoms with E-state index in [1.807, 2.05) is 18.0 Å². The van der Waals surface area contributed by atoms with Crippen LogP contribution in [0.3, 0.4) is 0 Å². The molecule has 0 bridgehead atoms. The minimum Gasteiger partial charge on any atom is -0.383 e. The van der Waals surface area contributed by atoms with Crippen LogP contribution in [0.2, 0.25) is 0 Å². The van der Waals surface area contributed by atoms with Crippen molar-refractivity contribution in [1.82, 2.24) is 15.1 Å². The first-order valence-electron chi connectivity index (χ1n) is 6.40. The minimum atomic E-state index is 0.0336. The van der Waals surface area contributed by atoms with Gasteiger partial charge in [0, 0.05) is 43.8 Å². The summed E-state index contributed by atoms with van der Waals surface area (Å²) in [5, 5.41) is 10.4. The molecular weight excluding hydrogens is 264 g/mol. The molecule has 1 amide bonds. The molecular formula is C12H20N4O2S. The van der Waals surface area contributed by atoms with Crippen molar-refractivity contribution in [2.75, 3.05) is 37.1 Å². The van der Waals surface area contributed by atoms with E-state index in [4.69, 9.17) is 4.74 Å². The van der Waals surface area contributed by atoms with E-state index < -0.39 is 0 Å². The molecule has 2 rings (SSSR count). The second-order valence-electron chi connectivity index (χ2n) is 4.46. The van der Waals surface area contributed by atoms with Gasteiger partial charge in [0.05, 0.1) is 25.0 Å². The van der Waals surface area contributed by atoms with Gasteiger partial charge in [0.15, 0.2) is 0 Å². The number of methoxy groups -OCH3 is 1. The van der Waals surface area contributed by atoms with Crippen LogP contribution in [-0.2, 0) is 16.1 Å². The SMILES string of the molecule is COCCn1cc(NC(=O)CC2CSCCN2)cn1. The molecule has 6 nitrogen and oxygen atoms in total. The normalized spacial score (nSPS) is 19.3. The van der Waals surface area contributed by atoms with E-state index in [0.29, 0.717) is 19.6 Å². The first-order valence-corrected chi connectivity index (χ1v) is 7.56. The molecule has 2 heterocycles. The number of aromatic nitrogens is 2. The van der Waals surface area contributed by atoms with Crippen LogP contribution < -0.4 is 10.6 Å². The van der Waals surface area contributed by atoms with Crippen molar-refractivity contribution in [1.29, 1.82) is 0 Å². The molecule has 1 aliphatic rings. The lowest BCUT2D eigenvalue weighted by Gasteiger charge is -2.22. The van der Waals surface area contributed by atoms with Crippen LogP contribution >= 0.6 is 11.8 Å². The van der Waals surface area contributed by atoms with E-state index in [1.54, 1.807) is 18.0 Å². The van der Waals surface area contributed by atoms with Gasteiger partial charge in [-0.1, -0.05) is 0 Å². The Morgan fingerprint density at radius 2 is 2.63 bits per heavy atom. The number of carbonyl (C=O) groups excluding carboxylic acids is 1. The Hall–Kier alpha value is -1.05. The third-order valence-electron chi connectivity index (χ3n) is 2.87. The maximum Gasteiger partial charge on any atom is 0.226 e. The Morgan fingerprint density at radius 3 is 3.37 bits per heavy atom. The average Bonchev–Trinajstić information content (AvgIpc) is 2.85. The van der Waals surface area contributed by atoms with Gasteiger partial charge in [-0.3, -0.25) is 9.48 Å². The number of hydrogen-bond donors (Lipinski definition) is 2. The maximum atomic E-state index is 11.9. The van der Waals surface area contributed by atoms with Crippen molar-refractivity contribution in [3.8, 4) is 0 Å². The fourth-order valence-corrected chi connectivity index (χ4v) is 2.87. The van der Waals surface area contributed by atoms with E-state index in [0.717, 1.165) is 23.7 Å². The molecule has 0 spiro atoms. The van der Waals surface area contributed by atoms with Gasteiger partial charge in [-0.15, -0.1) is 0 Å². The van der Waals surface area contributed by atoms with Gasteiger partial charge in [0.25, 0.3) is 0 Å². The van der Waals surface area contributed by atoms with Crippen LogP contribution in [0.1, 0.15) is 6.42 Å². The van der Waals surface area contributed by atoms with E-state index in [9.17, 15) is 4.79 Å². The first-order chi connectivity index (χ1) is 9.28. The number of amides is 1. The highest BCUT2D eigenvalue weighted by atomic mass is 32.2. The van der Waals surface area contributed by atoms with Crippen LogP contribution in [0.15, 0.2) is 12.4 Å². The van der Waals surface area contributed by atoms with Crippen LogP contribution in [0, 0.1) is 0 Å². The highest BCUT2D eigenvalue weighted by Crippen LogP contribution is 2.12. The molecule has 2 N–H and O–H groups in total. The summed E-state index contributed by atoms with van der Waals surface area (Å²) >= 11 is 1.89. The number of thioether (sulfide) groups is 1. The summed E-state index contributed by atoms with van der Waals surface area (Å²) in [6.45, 7) is 2.28. The quantitative estimate of drug-likeness (QED) is 0.799. The molecule has 19 heavy (non-hydrogen) atoms. The number of anilines is 1. The molecule has 1 atom stereocenters. The summed E-state index contributed by atoms with van der Waals surface area (Å²) in [5.41, 5.74) is 0.740. The first kappa shape index (κ1) is 14.4. The molecule has 106 valence electrons. The zero-order valence-electron chi connectivity index (χ0n) is 11.1. The average molecular weight is 284 g/mol. The molecule has 1 saturated heterocycles. The maximum absolute atomic E-state index is 11.9. The molecule has 0 radical (unpaired) electrons. The van der Waals surface area contributed by atoms with Crippen molar-refractivity contribution in [2.24, 2.45) is 0 Å². The molecule has 1 fully saturated rings. The standard InChI is InChI=1S/C12H20N4O2S/c1-18-4-3-16-8-11(7-14-16)15-12(17)6-10-9-19-5-2-13-10/h7-8,10,13H,2-6,9H2,1H3,(H,15,17). The highest BCUT2D eigenvalue weighted by molar-refractivity contribution is 7.99. The summed E-state index contributed by atoms with van der Waals surface area (Å²) in [6, 6.07) is 0.280. The molecule has 0 saturated carbocycles. The smallest absolute Gasteiger partial charge is 0.226 e. The van der Waals surface area contributed by atoms with Crippen LogP contribution in [0.25, 0.3) is 0 Å². The predicted octanol–water partition coefficient (Wildman–Crippen LogP) is 0.563. The summed E-state index contributed by atoms with van der Waals surface area (Å²) in [5.74, 6) is 2.16. The van der Waals surface area contributed by atoms with E-state index in [2.05, 4.69) is 15.7 Å². The van der Waals surface area contributed by atoms with Crippen molar-refractivity contribution < 1.29 is 9.53 Å². The van der Waals surface area contributed by atoms with Gasteiger partial charge in [-0.25, -0.2) is 0 Å². The largest absolute Gasteiger partial charge is 0.383 e. The molecule has 1 unspecified atom stereocenters. The topological polar surface area (TPSA) is 68.2 Å². The third-order valence-corrected chi connectivity index (χ3v) is 4.00. The van der Waals surface area contributed by atoms with Crippen molar-refractivity contribution in [3.63, 3.8) is 0 Å². The zero-order valence-corrected chi connectivity index (χ0v) is 11.9. The number of nitrogens with zero attached hydrogens (tertiary/aromatic N) is 2. The summed E-state index contributed by atoms with van der Waals surface area (Å²) in [4.78, 5) is 11.9. The molecule has 7 heteroatoms. The fourth-order valence-electron chi connectivity index (χ4n) is 1.92. The van der Waals surface area contributed by atoms with E-state index in [-0.39, 0.29) is 11.9 Å². The van der Waals surface area contributed by atoms with E-state index >= 15 is 0 Å². The van der Waals surface area contributed by atoms with Crippen LogP contribution in [0.4, 0.5) is 5.69 Å². The lowest BCUT2D eigenvalue weighted by atomic mass is 10.2. The van der Waals surface area contributed by atoms with Gasteiger partial charge >= 0.3 is 0 Å². The van der Waals surface area contributed by atoms with Gasteiger partial charge in [0.1, 0.15) is 0 Å². The monoisotopic (exact) mass is 284 g/mol. The summed E-state index contributed by atoms with van der Waals surface area (Å²) < 4.78 is 6.74. The number of nitrogens with one attached hydrogen (secondary N) is 2. The number of hydrogen-bond acceptors (Lipinski definition) is 5. The van der Waals surface area contributed by atoms with Crippen LogP contribution in [0.5, 0.6) is 0 Å². The van der Waals surface area contributed by atoms with Gasteiger partial charge in [-0.2, -0.15) is 16.9 Å². The Labute approximate surface area is 117 Å². The molecule has 0 aliphatic carbocycles. The third kappa shape index (κ3) is 4.85. The molecule has 1 aliphatic heterocycles. The summed E-state index contributed by atoms with van der Waals surface area (Å²) in [6.07, 6.45) is 3.99. The fraction of sp³-hybridized carbons (Fsp3) is 0.667. The van der Waals surface area contributed by atoms with Crippen molar-refractivity contribution in [2.45, 2.75) is 19.0 Å². The molecule has 1 aromatic rings. The number of carbonyl (C=O) groups is 1. The van der Waals surface area contributed by atoms with Gasteiger partial charge in [-0.05, 0) is 0 Å². The van der Waals surface area contributed by atoms with E-state index in [1.165, 1.54) is 0 Å². The predicted molar refractivity (Wildman–Crippen MR) is 76.5 cm³/mol. The number of rotatable bonds is 6. The van der Waals surface area contributed by atoms with Crippen molar-refractivity contribution in [3.05, 3.63) is 12.4 Å². The van der Waals surface area contributed by atoms with Gasteiger partial charge < -0.3 is 15.4 Å². The Kier molecular flexibility index (Phi) is 5.68.